The van der Waals surface area contributed by atoms with Crippen LogP contribution in [0, 0.1) is 0 Å². The summed E-state index contributed by atoms with van der Waals surface area (Å²) in [4.78, 5) is 26.0. The molecule has 1 heterocycles. The molecule has 8 heteroatoms. The molecule has 0 bridgehead atoms. The number of hydrogen-bond acceptors (Lipinski definition) is 6. The van der Waals surface area contributed by atoms with Gasteiger partial charge in [-0.2, -0.15) is 5.10 Å². The zero-order chi connectivity index (χ0) is 29.4. The van der Waals surface area contributed by atoms with Crippen LogP contribution in [-0.2, 0) is 16.0 Å². The number of amides is 1. The summed E-state index contributed by atoms with van der Waals surface area (Å²) in [6.07, 6.45) is 11.6. The van der Waals surface area contributed by atoms with E-state index in [9.17, 15) is 9.59 Å². The predicted molar refractivity (Wildman–Crippen MR) is 164 cm³/mol. The third kappa shape index (κ3) is 13.6. The van der Waals surface area contributed by atoms with E-state index >= 15 is 0 Å². The van der Waals surface area contributed by atoms with Gasteiger partial charge >= 0.3 is 5.97 Å². The zero-order valence-electron chi connectivity index (χ0n) is 23.8. The van der Waals surface area contributed by atoms with Crippen LogP contribution in [0.25, 0.3) is 0 Å². The number of nitrogens with one attached hydrogen (secondary N) is 1. The normalized spacial score (nSPS) is 12.1. The largest absolute Gasteiger partial charge is 0.481 e. The molecule has 210 valence electrons. The summed E-state index contributed by atoms with van der Waals surface area (Å²) < 4.78 is 0. The summed E-state index contributed by atoms with van der Waals surface area (Å²) in [5.74, 6) is -0.533. The van der Waals surface area contributed by atoms with Crippen molar-refractivity contribution >= 4 is 29.5 Å². The molecule has 0 unspecified atom stereocenters. The highest BCUT2D eigenvalue weighted by atomic mass is 32.2. The number of rotatable bonds is 18. The van der Waals surface area contributed by atoms with Crippen LogP contribution >= 0.6 is 11.8 Å². The molecule has 1 aromatic heterocycles. The highest BCUT2D eigenvalue weighted by molar-refractivity contribution is 8.06. The third-order valence-electron chi connectivity index (χ3n) is 5.94. The molecule has 0 saturated carbocycles. The second-order valence-electron chi connectivity index (χ2n) is 9.17. The first-order valence-electron chi connectivity index (χ1n) is 12.9. The Morgan fingerprint density at radius 1 is 1.05 bits per heavy atom. The first-order chi connectivity index (χ1) is 18.5. The molecule has 0 saturated heterocycles. The van der Waals surface area contributed by atoms with E-state index in [4.69, 9.17) is 5.11 Å². The van der Waals surface area contributed by atoms with Crippen molar-refractivity contribution in [3.8, 4) is 0 Å². The molecule has 1 amide bonds. The number of carboxylic acid groups (broad SMARTS) is 1. The number of aromatic nitrogens is 2. The Morgan fingerprint density at radius 3 is 2.33 bits per heavy atom. The Morgan fingerprint density at radius 2 is 1.77 bits per heavy atom. The number of aryl methyl sites for hydroxylation is 1. The molecule has 39 heavy (non-hydrogen) atoms. The Balaban J connectivity index is 2.46. The molecular weight excluding hydrogens is 508 g/mol. The Bertz CT molecular complexity index is 1150. The average molecular weight is 551 g/mol. The van der Waals surface area contributed by atoms with Gasteiger partial charge in [-0.3, -0.25) is 9.59 Å². The maximum atomic E-state index is 12.0. The van der Waals surface area contributed by atoms with Gasteiger partial charge in [-0.15, -0.1) is 5.10 Å². The average Bonchev–Trinajstić information content (AvgIpc) is 2.89. The van der Waals surface area contributed by atoms with Crippen molar-refractivity contribution in [1.29, 1.82) is 0 Å². The van der Waals surface area contributed by atoms with Crippen molar-refractivity contribution in [3.05, 3.63) is 101 Å². The van der Waals surface area contributed by atoms with Crippen molar-refractivity contribution in [1.82, 2.24) is 15.1 Å². The van der Waals surface area contributed by atoms with Crippen LogP contribution in [0.15, 0.2) is 95.1 Å². The SMILES string of the molecule is C=C/C(=C\C(=C/C)CC(=C)N(C)C(=C)SC(=C)CCCCc1ccc(NC(=O)C/C(C)=C/C)nn1)CC(=O)O. The number of nitrogens with zero attached hydrogens (tertiary/aromatic N) is 3. The molecule has 0 spiro atoms. The minimum absolute atomic E-state index is 0.0709. The standard InChI is InChI=1S/C31H42N4O3S/c1-9-22(4)18-30(36)32-29-17-16-28(33-34-29)15-13-12-14-24(6)39-25(7)35(8)23(5)19-26(10-2)20-27(11-3)21-31(37)38/h9-11,16-17,20H,3,5-7,12-15,18-19,21H2,1-2,4,8H3,(H,37,38)(H,32,34,36)/b22-9+,26-10-,27-20+. The van der Waals surface area contributed by atoms with Gasteiger partial charge in [0.05, 0.1) is 17.1 Å². The number of thioether (sulfide) groups is 1. The van der Waals surface area contributed by atoms with E-state index in [1.807, 2.05) is 57.0 Å². The van der Waals surface area contributed by atoms with Crippen LogP contribution < -0.4 is 5.32 Å². The second-order valence-corrected chi connectivity index (χ2v) is 10.4. The molecule has 0 radical (unpaired) electrons. The monoisotopic (exact) mass is 550 g/mol. The lowest BCUT2D eigenvalue weighted by atomic mass is 10.0. The smallest absolute Gasteiger partial charge is 0.307 e. The van der Waals surface area contributed by atoms with Gasteiger partial charge < -0.3 is 15.3 Å². The van der Waals surface area contributed by atoms with Crippen LogP contribution in [-0.4, -0.2) is 39.1 Å². The molecule has 0 atom stereocenters. The molecule has 7 nitrogen and oxygen atoms in total. The summed E-state index contributed by atoms with van der Waals surface area (Å²) in [5, 5.41) is 21.0. The van der Waals surface area contributed by atoms with E-state index in [0.29, 0.717) is 24.2 Å². The summed E-state index contributed by atoms with van der Waals surface area (Å²) in [6.45, 7) is 22.0. The number of carbonyl (C=O) groups is 2. The van der Waals surface area contributed by atoms with Crippen molar-refractivity contribution in [2.45, 2.75) is 65.7 Å². The first kappa shape index (κ1) is 33.4. The highest BCUT2D eigenvalue weighted by Gasteiger charge is 2.11. The molecule has 0 aromatic carbocycles. The Hall–Kier alpha value is -3.65. The Labute approximate surface area is 237 Å². The maximum Gasteiger partial charge on any atom is 0.307 e. The van der Waals surface area contributed by atoms with Gasteiger partial charge in [0.1, 0.15) is 0 Å². The van der Waals surface area contributed by atoms with Crippen molar-refractivity contribution in [2.24, 2.45) is 0 Å². The van der Waals surface area contributed by atoms with E-state index in [1.54, 1.807) is 12.1 Å². The number of hydrogen-bond donors (Lipinski definition) is 2. The number of allylic oxidation sites excluding steroid dienone is 6. The molecule has 0 fully saturated rings. The summed E-state index contributed by atoms with van der Waals surface area (Å²) in [5.41, 5.74) is 4.34. The predicted octanol–water partition coefficient (Wildman–Crippen LogP) is 7.57. The summed E-state index contributed by atoms with van der Waals surface area (Å²) >= 11 is 1.53. The number of unbranched alkanes of at least 4 members (excludes halogenated alkanes) is 1. The second kappa shape index (κ2) is 17.8. The quantitative estimate of drug-likeness (QED) is 0.111. The van der Waals surface area contributed by atoms with Crippen LogP contribution in [0.5, 0.6) is 0 Å². The molecule has 2 N–H and O–H groups in total. The van der Waals surface area contributed by atoms with E-state index in [0.717, 1.165) is 58.2 Å². The lowest BCUT2D eigenvalue weighted by Crippen LogP contribution is -2.14. The third-order valence-corrected chi connectivity index (χ3v) is 6.94. The van der Waals surface area contributed by atoms with Crippen molar-refractivity contribution in [2.75, 3.05) is 12.4 Å². The lowest BCUT2D eigenvalue weighted by Gasteiger charge is -2.24. The summed E-state index contributed by atoms with van der Waals surface area (Å²) in [6, 6.07) is 3.68. The lowest BCUT2D eigenvalue weighted by molar-refractivity contribution is -0.136. The van der Waals surface area contributed by atoms with E-state index in [1.165, 1.54) is 11.8 Å². The fourth-order valence-electron chi connectivity index (χ4n) is 3.38. The first-order valence-corrected chi connectivity index (χ1v) is 13.7. The van der Waals surface area contributed by atoms with E-state index in [2.05, 4.69) is 41.8 Å². The van der Waals surface area contributed by atoms with Gasteiger partial charge in [-0.25, -0.2) is 0 Å². The van der Waals surface area contributed by atoms with Gasteiger partial charge in [0.15, 0.2) is 5.82 Å². The molecular formula is C31H42N4O3S. The van der Waals surface area contributed by atoms with Crippen molar-refractivity contribution in [3.63, 3.8) is 0 Å². The summed E-state index contributed by atoms with van der Waals surface area (Å²) in [7, 11) is 1.92. The number of aliphatic carboxylic acids is 1. The molecule has 1 rings (SSSR count). The zero-order valence-corrected chi connectivity index (χ0v) is 24.6. The minimum atomic E-state index is -0.891. The van der Waals surface area contributed by atoms with Crippen LogP contribution in [0.2, 0.25) is 0 Å². The molecule has 1 aromatic rings. The highest BCUT2D eigenvalue weighted by Crippen LogP contribution is 2.31. The number of carbonyl (C=O) groups excluding carboxylic acids is 1. The molecule has 0 aliphatic heterocycles. The van der Waals surface area contributed by atoms with Gasteiger partial charge in [0.25, 0.3) is 0 Å². The molecule has 0 aliphatic rings. The maximum absolute atomic E-state index is 12.0. The fourth-order valence-corrected chi connectivity index (χ4v) is 4.22. The van der Waals surface area contributed by atoms with Crippen LogP contribution in [0.3, 0.4) is 0 Å². The minimum Gasteiger partial charge on any atom is -0.481 e. The van der Waals surface area contributed by atoms with E-state index < -0.39 is 5.97 Å². The fraction of sp³-hybridized carbons (Fsp3) is 0.355. The number of carboxylic acids is 1. The van der Waals surface area contributed by atoms with Gasteiger partial charge in [-0.1, -0.05) is 68.0 Å². The topological polar surface area (TPSA) is 95.4 Å². The Kier molecular flexibility index (Phi) is 15.2. The van der Waals surface area contributed by atoms with Gasteiger partial charge in [-0.05, 0) is 74.6 Å². The van der Waals surface area contributed by atoms with E-state index in [-0.39, 0.29) is 12.3 Å². The van der Waals surface area contributed by atoms with Crippen LogP contribution in [0.1, 0.15) is 65.0 Å². The number of anilines is 1. The van der Waals surface area contributed by atoms with Gasteiger partial charge in [0.2, 0.25) is 5.91 Å². The van der Waals surface area contributed by atoms with Crippen molar-refractivity contribution < 1.29 is 14.7 Å². The molecule has 0 aliphatic carbocycles. The van der Waals surface area contributed by atoms with Crippen LogP contribution in [0.4, 0.5) is 5.82 Å². The van der Waals surface area contributed by atoms with Gasteiger partial charge in [0, 0.05) is 25.6 Å².